The molecule has 0 aromatic heterocycles. The van der Waals surface area contributed by atoms with E-state index >= 15 is 0 Å². The van der Waals surface area contributed by atoms with E-state index < -0.39 is 5.54 Å². The first-order valence-electron chi connectivity index (χ1n) is 6.44. The summed E-state index contributed by atoms with van der Waals surface area (Å²) in [5.41, 5.74) is -0.429. The smallest absolute Gasteiger partial charge is 0.105 e. The second kappa shape index (κ2) is 6.34. The number of ether oxygens (including phenoxy) is 1. The van der Waals surface area contributed by atoms with Crippen LogP contribution >= 0.6 is 0 Å². The molecule has 98 valence electrons. The predicted molar refractivity (Wildman–Crippen MR) is 68.8 cm³/mol. The largest absolute Gasteiger partial charge is 0.380 e. The van der Waals surface area contributed by atoms with Crippen molar-refractivity contribution in [2.45, 2.75) is 51.2 Å². The molecule has 2 atom stereocenters. The van der Waals surface area contributed by atoms with Crippen molar-refractivity contribution in [3.05, 3.63) is 0 Å². The van der Waals surface area contributed by atoms with Gasteiger partial charge >= 0.3 is 0 Å². The summed E-state index contributed by atoms with van der Waals surface area (Å²) in [6.45, 7) is 8.75. The third-order valence-electron chi connectivity index (χ3n) is 3.35. The van der Waals surface area contributed by atoms with Crippen LogP contribution in [-0.2, 0) is 4.74 Å². The lowest BCUT2D eigenvalue weighted by atomic mass is 9.98. The van der Waals surface area contributed by atoms with Crippen LogP contribution in [0.4, 0.5) is 0 Å². The van der Waals surface area contributed by atoms with Crippen LogP contribution in [0, 0.1) is 11.3 Å². The summed E-state index contributed by atoms with van der Waals surface area (Å²) >= 11 is 0. The quantitative estimate of drug-likeness (QED) is 0.760. The highest BCUT2D eigenvalue weighted by Crippen LogP contribution is 2.15. The van der Waals surface area contributed by atoms with Gasteiger partial charge in [-0.05, 0) is 40.7 Å². The number of rotatable bonds is 6. The van der Waals surface area contributed by atoms with E-state index in [1.54, 1.807) is 0 Å². The highest BCUT2D eigenvalue weighted by molar-refractivity contribution is 5.04. The lowest BCUT2D eigenvalue weighted by Gasteiger charge is -2.30. The summed E-state index contributed by atoms with van der Waals surface area (Å²) in [6.07, 6.45) is 1.95. The first-order valence-corrected chi connectivity index (χ1v) is 6.44. The molecule has 4 nitrogen and oxygen atoms in total. The standard InChI is InChI=1S/C13H25N3O/c1-11(2)15-13(3,10-14)6-7-16(4)12-5-8-17-9-12/h11-12,15H,5-9H2,1-4H3. The van der Waals surface area contributed by atoms with Gasteiger partial charge in [-0.15, -0.1) is 0 Å². The summed E-state index contributed by atoms with van der Waals surface area (Å²) in [5, 5.41) is 12.6. The summed E-state index contributed by atoms with van der Waals surface area (Å²) < 4.78 is 5.38. The van der Waals surface area contributed by atoms with Gasteiger partial charge in [0.05, 0.1) is 12.7 Å². The molecule has 0 saturated carbocycles. The van der Waals surface area contributed by atoms with Gasteiger partial charge in [-0.3, -0.25) is 5.32 Å². The van der Waals surface area contributed by atoms with E-state index in [-0.39, 0.29) is 0 Å². The van der Waals surface area contributed by atoms with E-state index in [2.05, 4.69) is 37.2 Å². The molecule has 0 spiro atoms. The zero-order valence-corrected chi connectivity index (χ0v) is 11.5. The van der Waals surface area contributed by atoms with Gasteiger partial charge in [0.15, 0.2) is 0 Å². The number of nitrogens with one attached hydrogen (secondary N) is 1. The molecule has 0 radical (unpaired) electrons. The van der Waals surface area contributed by atoms with Gasteiger partial charge < -0.3 is 9.64 Å². The van der Waals surface area contributed by atoms with E-state index in [4.69, 9.17) is 4.74 Å². The van der Waals surface area contributed by atoms with E-state index in [0.717, 1.165) is 32.6 Å². The fraction of sp³-hybridized carbons (Fsp3) is 0.923. The maximum atomic E-state index is 9.26. The Morgan fingerprint density at radius 2 is 2.29 bits per heavy atom. The molecule has 1 saturated heterocycles. The predicted octanol–water partition coefficient (Wildman–Crippen LogP) is 1.38. The van der Waals surface area contributed by atoms with Crippen molar-refractivity contribution < 1.29 is 4.74 Å². The Kier molecular flexibility index (Phi) is 5.38. The van der Waals surface area contributed by atoms with E-state index in [1.165, 1.54) is 0 Å². The Hall–Kier alpha value is -0.630. The molecule has 0 amide bonds. The van der Waals surface area contributed by atoms with Crippen molar-refractivity contribution in [1.29, 1.82) is 5.26 Å². The van der Waals surface area contributed by atoms with E-state index in [9.17, 15) is 5.26 Å². The van der Waals surface area contributed by atoms with Gasteiger partial charge in [-0.2, -0.15) is 5.26 Å². The minimum Gasteiger partial charge on any atom is -0.380 e. The zero-order chi connectivity index (χ0) is 12.9. The van der Waals surface area contributed by atoms with Crippen molar-refractivity contribution in [3.8, 4) is 6.07 Å². The lowest BCUT2D eigenvalue weighted by molar-refractivity contribution is 0.154. The minimum absolute atomic E-state index is 0.333. The highest BCUT2D eigenvalue weighted by atomic mass is 16.5. The third kappa shape index (κ3) is 4.63. The Labute approximate surface area is 105 Å². The highest BCUT2D eigenvalue weighted by Gasteiger charge is 2.27. The first-order chi connectivity index (χ1) is 7.97. The normalized spacial score (nSPS) is 23.9. The molecule has 1 N–H and O–H groups in total. The van der Waals surface area contributed by atoms with E-state index in [0.29, 0.717) is 12.1 Å². The SMILES string of the molecule is CC(C)NC(C)(C#N)CCN(C)C1CCOC1. The molecule has 0 aliphatic carbocycles. The zero-order valence-electron chi connectivity index (χ0n) is 11.5. The monoisotopic (exact) mass is 239 g/mol. The molecule has 1 aliphatic heterocycles. The fourth-order valence-electron chi connectivity index (χ4n) is 2.25. The Morgan fingerprint density at radius 3 is 2.76 bits per heavy atom. The number of nitrogens with zero attached hydrogens (tertiary/aromatic N) is 2. The lowest BCUT2D eigenvalue weighted by Crippen LogP contribution is -2.47. The summed E-state index contributed by atoms with van der Waals surface area (Å²) in [7, 11) is 2.12. The summed E-state index contributed by atoms with van der Waals surface area (Å²) in [6, 6.07) is 3.24. The van der Waals surface area contributed by atoms with Crippen LogP contribution in [0.25, 0.3) is 0 Å². The van der Waals surface area contributed by atoms with Crippen LogP contribution in [0.15, 0.2) is 0 Å². The summed E-state index contributed by atoms with van der Waals surface area (Å²) in [5.74, 6) is 0. The van der Waals surface area contributed by atoms with Crippen molar-refractivity contribution in [3.63, 3.8) is 0 Å². The topological polar surface area (TPSA) is 48.3 Å². The van der Waals surface area contributed by atoms with Crippen LogP contribution < -0.4 is 5.32 Å². The van der Waals surface area contributed by atoms with Crippen molar-refractivity contribution in [2.75, 3.05) is 26.8 Å². The number of hydrogen-bond donors (Lipinski definition) is 1. The maximum Gasteiger partial charge on any atom is 0.105 e. The van der Waals surface area contributed by atoms with Gasteiger partial charge in [0, 0.05) is 25.2 Å². The third-order valence-corrected chi connectivity index (χ3v) is 3.35. The second-order valence-corrected chi connectivity index (χ2v) is 5.49. The van der Waals surface area contributed by atoms with Crippen molar-refractivity contribution in [2.24, 2.45) is 0 Å². The first kappa shape index (κ1) is 14.4. The van der Waals surface area contributed by atoms with Gasteiger partial charge in [-0.1, -0.05) is 0 Å². The molecule has 1 heterocycles. The van der Waals surface area contributed by atoms with E-state index in [1.807, 2.05) is 6.92 Å². The van der Waals surface area contributed by atoms with Crippen LogP contribution in [0.5, 0.6) is 0 Å². The van der Waals surface area contributed by atoms with Gasteiger partial charge in [0.25, 0.3) is 0 Å². The number of likely N-dealkylation sites (N-methyl/N-ethyl adjacent to an activating group) is 1. The Balaban J connectivity index is 2.38. The van der Waals surface area contributed by atoms with Crippen LogP contribution in [0.3, 0.4) is 0 Å². The van der Waals surface area contributed by atoms with Gasteiger partial charge in [0.2, 0.25) is 0 Å². The van der Waals surface area contributed by atoms with Crippen LogP contribution in [-0.4, -0.2) is 49.3 Å². The van der Waals surface area contributed by atoms with Crippen LogP contribution in [0.1, 0.15) is 33.6 Å². The molecule has 0 bridgehead atoms. The molecule has 0 aromatic rings. The Bertz CT molecular complexity index is 268. The summed E-state index contributed by atoms with van der Waals surface area (Å²) in [4.78, 5) is 2.31. The molecule has 1 aliphatic rings. The fourth-order valence-corrected chi connectivity index (χ4v) is 2.25. The average Bonchev–Trinajstić information content (AvgIpc) is 2.78. The van der Waals surface area contributed by atoms with Crippen molar-refractivity contribution >= 4 is 0 Å². The molecule has 17 heavy (non-hydrogen) atoms. The van der Waals surface area contributed by atoms with Crippen LogP contribution in [0.2, 0.25) is 0 Å². The number of hydrogen-bond acceptors (Lipinski definition) is 4. The molecule has 1 rings (SSSR count). The van der Waals surface area contributed by atoms with Crippen molar-refractivity contribution in [1.82, 2.24) is 10.2 Å². The molecular formula is C13H25N3O. The molecule has 2 unspecified atom stereocenters. The molecule has 0 aromatic carbocycles. The molecular weight excluding hydrogens is 214 g/mol. The number of nitriles is 1. The van der Waals surface area contributed by atoms with Gasteiger partial charge in [-0.25, -0.2) is 0 Å². The Morgan fingerprint density at radius 1 is 1.59 bits per heavy atom. The molecule has 4 heteroatoms. The minimum atomic E-state index is -0.429. The van der Waals surface area contributed by atoms with Gasteiger partial charge in [0.1, 0.15) is 5.54 Å². The molecule has 1 fully saturated rings. The maximum absolute atomic E-state index is 9.26. The second-order valence-electron chi connectivity index (χ2n) is 5.49. The average molecular weight is 239 g/mol.